The molecular formula is C65H115N3O7. The Bertz CT molecular complexity index is 1760. The summed E-state index contributed by atoms with van der Waals surface area (Å²) in [5.41, 5.74) is 0.208. The van der Waals surface area contributed by atoms with Gasteiger partial charge in [0.15, 0.2) is 0 Å². The van der Waals surface area contributed by atoms with Crippen LogP contribution in [0, 0.1) is 16.2 Å². The number of aromatic nitrogens is 1. The Morgan fingerprint density at radius 3 is 1.29 bits per heavy atom. The molecule has 3 N–H and O–H groups in total. The Morgan fingerprint density at radius 1 is 0.533 bits per heavy atom. The lowest BCUT2D eigenvalue weighted by molar-refractivity contribution is -0.151. The van der Waals surface area contributed by atoms with Crippen molar-refractivity contribution in [1.29, 1.82) is 0 Å². The minimum atomic E-state index is -0.798. The van der Waals surface area contributed by atoms with Crippen LogP contribution in [0.3, 0.4) is 0 Å². The molecule has 0 spiro atoms. The summed E-state index contributed by atoms with van der Waals surface area (Å²) in [6.07, 6.45) is 40.0. The van der Waals surface area contributed by atoms with Crippen LogP contribution in [-0.4, -0.2) is 75.8 Å². The quantitative estimate of drug-likeness (QED) is 0.0440. The second kappa shape index (κ2) is 39.9. The maximum atomic E-state index is 13.7. The fraction of sp³-hybridized carbons (Fsp3) is 0.815. The average molecular weight is 1050 g/mol. The van der Waals surface area contributed by atoms with E-state index in [0.29, 0.717) is 6.42 Å². The summed E-state index contributed by atoms with van der Waals surface area (Å²) in [6.45, 7) is 17.6. The summed E-state index contributed by atoms with van der Waals surface area (Å²) in [5, 5.41) is 25.4. The summed E-state index contributed by atoms with van der Waals surface area (Å²) in [5.74, 6) is -1.76. The molecule has 1 aromatic carbocycles. The van der Waals surface area contributed by atoms with E-state index in [2.05, 4.69) is 54.6 Å². The minimum Gasteiger partial charge on any atom is -0.481 e. The maximum Gasteiger partial charge on any atom is 0.328 e. The van der Waals surface area contributed by atoms with Gasteiger partial charge in [-0.25, -0.2) is 4.79 Å². The van der Waals surface area contributed by atoms with Crippen molar-refractivity contribution >= 4 is 34.7 Å². The van der Waals surface area contributed by atoms with E-state index in [1.165, 1.54) is 64.2 Å². The number of aryl methyl sites for hydroxylation is 1. The standard InChI is InChI=1S/C65H115N3O7/c1-9-13-17-21-23-33-45-64(61(71)72,43-31-19-15-11-3)47-35-25-27-37-49-68(50-38-28-26-36-48-65(62(73)74,44-32-20-16-12-4)46-34-24-22-18-14-10-2)51-39-40-52-75-59(69)57(66-60(70)63(5,6)7)53-55-54-67(8)58-42-30-29-41-56(55)58/h29-30,41-42,54,57H,9-28,31-40,43-53H2,1-8H3,(H,66,70)(H,71,72)(H,73,74)/t57-,64?,65?/m1/s1. The third-order valence-electron chi connectivity index (χ3n) is 16.5. The van der Waals surface area contributed by atoms with Crippen molar-refractivity contribution in [2.75, 3.05) is 26.2 Å². The Labute approximate surface area is 459 Å². The van der Waals surface area contributed by atoms with Gasteiger partial charge in [0, 0.05) is 36.0 Å². The highest BCUT2D eigenvalue weighted by molar-refractivity contribution is 5.89. The van der Waals surface area contributed by atoms with Gasteiger partial charge in [0.05, 0.1) is 17.4 Å². The Hall–Kier alpha value is -3.40. The molecule has 2 aromatic rings. The zero-order valence-electron chi connectivity index (χ0n) is 49.8. The molecule has 1 amide bonds. The molecule has 0 saturated carbocycles. The molecule has 75 heavy (non-hydrogen) atoms. The number of carboxylic acid groups (broad SMARTS) is 2. The minimum absolute atomic E-state index is 0.186. The number of aliphatic carboxylic acids is 2. The van der Waals surface area contributed by atoms with E-state index in [-0.39, 0.29) is 12.5 Å². The lowest BCUT2D eigenvalue weighted by Gasteiger charge is -2.30. The second-order valence-corrected chi connectivity index (χ2v) is 24.1. The zero-order valence-corrected chi connectivity index (χ0v) is 49.8. The molecule has 2 unspecified atom stereocenters. The Morgan fingerprint density at radius 2 is 0.893 bits per heavy atom. The number of para-hydroxylation sites is 1. The van der Waals surface area contributed by atoms with Crippen LogP contribution in [0.25, 0.3) is 10.9 Å². The third-order valence-corrected chi connectivity index (χ3v) is 16.5. The molecule has 0 aliphatic rings. The van der Waals surface area contributed by atoms with E-state index in [4.69, 9.17) is 4.74 Å². The predicted molar refractivity (Wildman–Crippen MR) is 314 cm³/mol. The molecule has 1 heterocycles. The first-order chi connectivity index (χ1) is 36.1. The number of unbranched alkanes of at least 4 members (excludes halogenated alkanes) is 23. The number of nitrogens with one attached hydrogen (secondary N) is 1. The SMILES string of the molecule is CCCCCCCCC(CCCCCC)(CCCCCCN(CCCCCCC(CCCCCC)(CCCCCCCC)C(=O)O)CCCCOC(=O)[C@@H](Cc1cn(C)c2ccccc12)NC(=O)C(C)(C)C)C(=O)O. The molecule has 0 fully saturated rings. The van der Waals surface area contributed by atoms with Crippen LogP contribution in [0.5, 0.6) is 0 Å². The molecule has 3 atom stereocenters. The van der Waals surface area contributed by atoms with Crippen LogP contribution >= 0.6 is 0 Å². The van der Waals surface area contributed by atoms with Crippen molar-refractivity contribution in [1.82, 2.24) is 14.8 Å². The number of nitrogens with zero attached hydrogens (tertiary/aromatic N) is 2. The van der Waals surface area contributed by atoms with Crippen LogP contribution in [0.15, 0.2) is 30.5 Å². The van der Waals surface area contributed by atoms with Crippen LogP contribution < -0.4 is 5.32 Å². The van der Waals surface area contributed by atoms with E-state index in [1.54, 1.807) is 0 Å². The molecule has 0 radical (unpaired) electrons. The van der Waals surface area contributed by atoms with E-state index in [9.17, 15) is 29.4 Å². The monoisotopic (exact) mass is 1050 g/mol. The predicted octanol–water partition coefficient (Wildman–Crippen LogP) is 17.4. The summed E-state index contributed by atoms with van der Waals surface area (Å²) in [6, 6.07) is 7.32. The Kier molecular flexibility index (Phi) is 36.0. The molecule has 0 bridgehead atoms. The molecule has 0 aliphatic heterocycles. The van der Waals surface area contributed by atoms with E-state index in [1.807, 2.05) is 46.1 Å². The molecular weight excluding hydrogens is 935 g/mol. The van der Waals surface area contributed by atoms with Crippen molar-refractivity contribution in [3.8, 4) is 0 Å². The van der Waals surface area contributed by atoms with Crippen LogP contribution in [0.1, 0.15) is 285 Å². The number of fused-ring (bicyclic) bond motifs is 1. The van der Waals surface area contributed by atoms with Gasteiger partial charge in [-0.05, 0) is 95.5 Å². The first-order valence-electron chi connectivity index (χ1n) is 31.3. The molecule has 2 rings (SSSR count). The van der Waals surface area contributed by atoms with Gasteiger partial charge < -0.3 is 29.7 Å². The fourth-order valence-electron chi connectivity index (χ4n) is 11.4. The third kappa shape index (κ3) is 27.7. The lowest BCUT2D eigenvalue weighted by Crippen LogP contribution is -2.47. The van der Waals surface area contributed by atoms with Crippen molar-refractivity contribution in [2.24, 2.45) is 23.3 Å². The molecule has 432 valence electrons. The number of carbonyl (C=O) groups is 4. The van der Waals surface area contributed by atoms with Gasteiger partial charge in [0.2, 0.25) is 5.91 Å². The van der Waals surface area contributed by atoms with Crippen LogP contribution in [0.4, 0.5) is 0 Å². The second-order valence-electron chi connectivity index (χ2n) is 24.1. The van der Waals surface area contributed by atoms with Crippen molar-refractivity contribution in [2.45, 2.75) is 292 Å². The first kappa shape index (κ1) is 67.7. The molecule has 10 nitrogen and oxygen atoms in total. The number of benzene rings is 1. The van der Waals surface area contributed by atoms with Gasteiger partial charge in [0.25, 0.3) is 0 Å². The number of rotatable bonds is 49. The number of carboxylic acids is 2. The van der Waals surface area contributed by atoms with Gasteiger partial charge >= 0.3 is 17.9 Å². The molecule has 10 heteroatoms. The van der Waals surface area contributed by atoms with Gasteiger partial charge in [-0.2, -0.15) is 0 Å². The van der Waals surface area contributed by atoms with Crippen molar-refractivity contribution in [3.63, 3.8) is 0 Å². The largest absolute Gasteiger partial charge is 0.481 e. The normalized spacial score (nSPS) is 14.0. The van der Waals surface area contributed by atoms with Crippen LogP contribution in [0.2, 0.25) is 0 Å². The highest BCUT2D eigenvalue weighted by atomic mass is 16.5. The lowest BCUT2D eigenvalue weighted by atomic mass is 9.74. The summed E-state index contributed by atoms with van der Waals surface area (Å²) < 4.78 is 7.99. The fourth-order valence-corrected chi connectivity index (χ4v) is 11.4. The number of ether oxygens (including phenoxy) is 1. The number of amides is 1. The van der Waals surface area contributed by atoms with E-state index in [0.717, 1.165) is 203 Å². The summed E-state index contributed by atoms with van der Waals surface area (Å²) >= 11 is 0. The maximum absolute atomic E-state index is 13.7. The van der Waals surface area contributed by atoms with Gasteiger partial charge in [0.1, 0.15) is 6.04 Å². The number of esters is 1. The molecule has 0 aliphatic carbocycles. The number of hydrogen-bond donors (Lipinski definition) is 3. The van der Waals surface area contributed by atoms with E-state index < -0.39 is 40.2 Å². The number of hydrogen-bond acceptors (Lipinski definition) is 6. The van der Waals surface area contributed by atoms with Crippen molar-refractivity contribution in [3.05, 3.63) is 36.0 Å². The Balaban J connectivity index is 2.09. The average Bonchev–Trinajstić information content (AvgIpc) is 3.70. The number of carbonyl (C=O) groups excluding carboxylic acids is 2. The van der Waals surface area contributed by atoms with Crippen LogP contribution in [-0.2, 0) is 37.4 Å². The zero-order chi connectivity index (χ0) is 55.2. The van der Waals surface area contributed by atoms with E-state index >= 15 is 0 Å². The molecule has 1 aromatic heterocycles. The van der Waals surface area contributed by atoms with Gasteiger partial charge in [-0.1, -0.05) is 234 Å². The first-order valence-corrected chi connectivity index (χ1v) is 31.3. The highest BCUT2D eigenvalue weighted by Crippen LogP contribution is 2.39. The topological polar surface area (TPSA) is 138 Å². The van der Waals surface area contributed by atoms with Gasteiger partial charge in [-0.15, -0.1) is 0 Å². The highest BCUT2D eigenvalue weighted by Gasteiger charge is 2.38. The van der Waals surface area contributed by atoms with Crippen molar-refractivity contribution < 1.29 is 34.1 Å². The molecule has 0 saturated heterocycles. The summed E-state index contributed by atoms with van der Waals surface area (Å²) in [4.78, 5) is 55.5. The van der Waals surface area contributed by atoms with Gasteiger partial charge in [-0.3, -0.25) is 14.4 Å². The summed E-state index contributed by atoms with van der Waals surface area (Å²) in [7, 11) is 2.00. The smallest absolute Gasteiger partial charge is 0.328 e.